The van der Waals surface area contributed by atoms with Crippen molar-refractivity contribution in [1.29, 1.82) is 0 Å². The van der Waals surface area contributed by atoms with Crippen LogP contribution in [0.2, 0.25) is 0 Å². The number of aromatic hydroxyl groups is 1. The van der Waals surface area contributed by atoms with Crippen molar-refractivity contribution in [1.82, 2.24) is 0 Å². The lowest BCUT2D eigenvalue weighted by Crippen LogP contribution is -2.32. The fourth-order valence-electron chi connectivity index (χ4n) is 1.77. The van der Waals surface area contributed by atoms with Crippen molar-refractivity contribution >= 4 is 51.2 Å². The van der Waals surface area contributed by atoms with E-state index in [1.165, 1.54) is 0 Å². The Balaban J connectivity index is 2.15. The minimum Gasteiger partial charge on any atom is -0.507 e. The molecule has 0 saturated heterocycles. The van der Waals surface area contributed by atoms with Crippen LogP contribution >= 0.6 is 45.2 Å². The average molecular weight is 525 g/mol. The summed E-state index contributed by atoms with van der Waals surface area (Å²) in [5, 5.41) is 18.3. The minimum atomic E-state index is -1.02. The van der Waals surface area contributed by atoms with E-state index in [1.54, 1.807) is 30.3 Å². The van der Waals surface area contributed by atoms with Crippen molar-refractivity contribution in [3.8, 4) is 17.2 Å². The maximum absolute atomic E-state index is 10.8. The Bertz CT molecular complexity index is 706. The molecule has 1 atom stereocenters. The molecule has 0 fully saturated rings. The number of halogens is 2. The largest absolute Gasteiger partial charge is 0.507 e. The van der Waals surface area contributed by atoms with Gasteiger partial charge in [-0.25, -0.2) is 0 Å². The summed E-state index contributed by atoms with van der Waals surface area (Å²) in [7, 11) is 0. The highest BCUT2D eigenvalue weighted by atomic mass is 127. The molecular weight excluding hydrogens is 512 g/mol. The fraction of sp³-hybridized carbons (Fsp3) is 0.133. The van der Waals surface area contributed by atoms with Gasteiger partial charge in [0.15, 0.2) is 0 Å². The molecule has 0 aliphatic carbocycles. The van der Waals surface area contributed by atoms with Crippen molar-refractivity contribution in [3.05, 3.63) is 49.1 Å². The summed E-state index contributed by atoms with van der Waals surface area (Å²) in [6, 6.07) is 9.51. The summed E-state index contributed by atoms with van der Waals surface area (Å²) in [5.41, 5.74) is 6.37. The van der Waals surface area contributed by atoms with Crippen LogP contribution in [0.5, 0.6) is 17.2 Å². The van der Waals surface area contributed by atoms with E-state index in [9.17, 15) is 9.90 Å². The molecule has 0 unspecified atom stereocenters. The molecule has 0 bridgehead atoms. The molecule has 0 saturated carbocycles. The zero-order chi connectivity index (χ0) is 16.3. The summed E-state index contributed by atoms with van der Waals surface area (Å²) in [4.78, 5) is 10.8. The van der Waals surface area contributed by atoms with Gasteiger partial charge in [-0.2, -0.15) is 0 Å². The minimum absolute atomic E-state index is 0.209. The van der Waals surface area contributed by atoms with Crippen molar-refractivity contribution in [2.24, 2.45) is 5.73 Å². The van der Waals surface area contributed by atoms with Gasteiger partial charge < -0.3 is 20.7 Å². The molecule has 0 aliphatic heterocycles. The van der Waals surface area contributed by atoms with Gasteiger partial charge in [-0.3, -0.25) is 4.79 Å². The first-order valence-electron chi connectivity index (χ1n) is 6.30. The van der Waals surface area contributed by atoms with E-state index < -0.39 is 12.0 Å². The number of nitrogens with two attached hydrogens (primary N) is 1. The van der Waals surface area contributed by atoms with Crippen LogP contribution in [0.1, 0.15) is 5.56 Å². The molecule has 0 amide bonds. The molecule has 0 radical (unpaired) electrons. The summed E-state index contributed by atoms with van der Waals surface area (Å²) in [6.45, 7) is 0. The van der Waals surface area contributed by atoms with Gasteiger partial charge >= 0.3 is 5.97 Å². The van der Waals surface area contributed by atoms with Crippen LogP contribution in [0.15, 0.2) is 36.4 Å². The predicted octanol–water partition coefficient (Wildman–Crippen LogP) is 3.35. The first kappa shape index (κ1) is 17.3. The van der Waals surface area contributed by atoms with Gasteiger partial charge in [-0.15, -0.1) is 0 Å². The number of hydrogen-bond acceptors (Lipinski definition) is 4. The highest BCUT2D eigenvalue weighted by Gasteiger charge is 2.13. The lowest BCUT2D eigenvalue weighted by atomic mass is 10.1. The fourth-order valence-corrected chi connectivity index (χ4v) is 2.95. The van der Waals surface area contributed by atoms with Crippen LogP contribution in [0.25, 0.3) is 0 Å². The normalized spacial score (nSPS) is 12.0. The molecule has 0 spiro atoms. The van der Waals surface area contributed by atoms with Crippen LogP contribution in [0.4, 0.5) is 0 Å². The molecule has 0 aliphatic rings. The van der Waals surface area contributed by atoms with Crippen molar-refractivity contribution in [2.75, 3.05) is 0 Å². The van der Waals surface area contributed by atoms with Gasteiger partial charge in [0.2, 0.25) is 0 Å². The third-order valence-electron chi connectivity index (χ3n) is 2.92. The number of carboxylic acids is 1. The van der Waals surface area contributed by atoms with Crippen molar-refractivity contribution in [3.63, 3.8) is 0 Å². The van der Waals surface area contributed by atoms with E-state index in [-0.39, 0.29) is 12.2 Å². The number of hydrogen-bond donors (Lipinski definition) is 3. The highest BCUT2D eigenvalue weighted by molar-refractivity contribution is 14.1. The number of carbonyl (C=O) groups is 1. The maximum Gasteiger partial charge on any atom is 0.320 e. The molecule has 7 heteroatoms. The third-order valence-corrected chi connectivity index (χ3v) is 4.62. The van der Waals surface area contributed by atoms with Gasteiger partial charge in [0.05, 0.1) is 7.14 Å². The van der Waals surface area contributed by atoms with Gasteiger partial charge in [0.25, 0.3) is 0 Å². The molecular formula is C15H13I2NO4. The average Bonchev–Trinajstić information content (AvgIpc) is 2.45. The highest BCUT2D eigenvalue weighted by Crippen LogP contribution is 2.31. The SMILES string of the molecule is N[C@@H](Cc1ccc(Oc2ccc(O)c(I)c2)c(I)c1)C(=O)O. The van der Waals surface area contributed by atoms with Crippen LogP contribution in [0, 0.1) is 7.14 Å². The Hall–Kier alpha value is -1.07. The topological polar surface area (TPSA) is 92.8 Å². The number of benzene rings is 2. The second-order valence-electron chi connectivity index (χ2n) is 4.63. The van der Waals surface area contributed by atoms with Gasteiger partial charge in [-0.1, -0.05) is 6.07 Å². The summed E-state index contributed by atoms with van der Waals surface area (Å²) < 4.78 is 7.34. The van der Waals surface area contributed by atoms with Crippen LogP contribution < -0.4 is 10.5 Å². The Kier molecular flexibility index (Phi) is 5.87. The van der Waals surface area contributed by atoms with Gasteiger partial charge in [0, 0.05) is 0 Å². The number of aliphatic carboxylic acids is 1. The molecule has 2 rings (SSSR count). The smallest absolute Gasteiger partial charge is 0.320 e. The first-order valence-corrected chi connectivity index (χ1v) is 8.45. The van der Waals surface area contributed by atoms with Crippen molar-refractivity contribution < 1.29 is 19.7 Å². The number of rotatable bonds is 5. The van der Waals surface area contributed by atoms with Gasteiger partial charge in [0.1, 0.15) is 23.3 Å². The number of phenolic OH excluding ortho intramolecular Hbond substituents is 1. The Labute approximate surface area is 154 Å². The number of ether oxygens (including phenoxy) is 1. The quantitative estimate of drug-likeness (QED) is 0.522. The summed E-state index contributed by atoms with van der Waals surface area (Å²) in [6.07, 6.45) is 0.267. The van der Waals surface area contributed by atoms with E-state index in [2.05, 4.69) is 22.6 Å². The zero-order valence-electron chi connectivity index (χ0n) is 11.3. The number of carboxylic acid groups (broad SMARTS) is 1. The van der Waals surface area contributed by atoms with E-state index in [1.807, 2.05) is 28.7 Å². The second kappa shape index (κ2) is 7.47. The summed E-state index contributed by atoms with van der Waals surface area (Å²) in [5.74, 6) is 0.472. The van der Waals surface area contributed by atoms with Crippen LogP contribution in [-0.4, -0.2) is 22.2 Å². The zero-order valence-corrected chi connectivity index (χ0v) is 15.6. The van der Waals surface area contributed by atoms with Crippen LogP contribution in [-0.2, 0) is 11.2 Å². The Morgan fingerprint density at radius 3 is 2.50 bits per heavy atom. The predicted molar refractivity (Wildman–Crippen MR) is 99.4 cm³/mol. The molecule has 116 valence electrons. The standard InChI is InChI=1S/C15H13I2NO4/c16-10-7-9(2-3-13(10)19)22-14-4-1-8(5-11(14)17)6-12(18)15(20)21/h1-5,7,12,19H,6,18H2,(H,20,21)/t12-/m0/s1. The van der Waals surface area contributed by atoms with E-state index in [0.29, 0.717) is 15.1 Å². The van der Waals surface area contributed by atoms with E-state index in [4.69, 9.17) is 15.6 Å². The Morgan fingerprint density at radius 1 is 1.18 bits per heavy atom. The molecule has 22 heavy (non-hydrogen) atoms. The maximum atomic E-state index is 10.8. The molecule has 5 nitrogen and oxygen atoms in total. The molecule has 0 heterocycles. The molecule has 0 aromatic heterocycles. The lowest BCUT2D eigenvalue weighted by molar-refractivity contribution is -0.138. The molecule has 2 aromatic rings. The van der Waals surface area contributed by atoms with Crippen molar-refractivity contribution in [2.45, 2.75) is 12.5 Å². The second-order valence-corrected chi connectivity index (χ2v) is 6.95. The van der Waals surface area contributed by atoms with Gasteiger partial charge in [-0.05, 0) is 87.5 Å². The Morgan fingerprint density at radius 2 is 1.91 bits per heavy atom. The number of phenols is 1. The summed E-state index contributed by atoms with van der Waals surface area (Å²) >= 11 is 4.15. The first-order chi connectivity index (χ1) is 10.4. The monoisotopic (exact) mass is 525 g/mol. The molecule has 4 N–H and O–H groups in total. The van der Waals surface area contributed by atoms with E-state index in [0.717, 1.165) is 9.13 Å². The van der Waals surface area contributed by atoms with Crippen LogP contribution in [0.3, 0.4) is 0 Å². The van der Waals surface area contributed by atoms with E-state index >= 15 is 0 Å². The molecule has 2 aromatic carbocycles. The third kappa shape index (κ3) is 4.46. The lowest BCUT2D eigenvalue weighted by Gasteiger charge is -2.11.